The van der Waals surface area contributed by atoms with Crippen molar-refractivity contribution in [2.75, 3.05) is 59.5 Å². The molecule has 0 saturated carbocycles. The molecule has 1 unspecified atom stereocenters. The first kappa shape index (κ1) is 14.8. The van der Waals surface area contributed by atoms with E-state index in [1.807, 2.05) is 11.9 Å². The van der Waals surface area contributed by atoms with Gasteiger partial charge >= 0.3 is 0 Å². The highest BCUT2D eigenvalue weighted by Crippen LogP contribution is 2.33. The van der Waals surface area contributed by atoms with Crippen LogP contribution in [0.4, 0.5) is 0 Å². The van der Waals surface area contributed by atoms with Gasteiger partial charge in [0.1, 0.15) is 6.61 Å². The van der Waals surface area contributed by atoms with Crippen LogP contribution in [0.1, 0.15) is 19.3 Å². The van der Waals surface area contributed by atoms with Crippen LogP contribution in [0.2, 0.25) is 0 Å². The summed E-state index contributed by atoms with van der Waals surface area (Å²) in [5, 5.41) is 0. The van der Waals surface area contributed by atoms with Gasteiger partial charge in [-0.2, -0.15) is 0 Å². The Morgan fingerprint density at radius 1 is 1.24 bits per heavy atom. The maximum Gasteiger partial charge on any atom is 0.248 e. The zero-order valence-electron chi connectivity index (χ0n) is 12.8. The Hall–Kier alpha value is -1.14. The minimum Gasteiger partial charge on any atom is -0.371 e. The Kier molecular flexibility index (Phi) is 4.17. The molecule has 0 aromatic heterocycles. The molecule has 2 amide bonds. The standard InChI is InChI=1S/C15H25N3O3/c1-16-10-15(12-21-9-14(16)20)4-7-18(11-15)13(19)8-17-5-2-3-6-17/h2-12H2,1H3. The molecule has 118 valence electrons. The number of carbonyl (C=O) groups is 2. The molecule has 0 aliphatic carbocycles. The third kappa shape index (κ3) is 3.21. The number of hydrogen-bond acceptors (Lipinski definition) is 4. The van der Waals surface area contributed by atoms with Crippen molar-refractivity contribution in [3.8, 4) is 0 Å². The summed E-state index contributed by atoms with van der Waals surface area (Å²) in [6.07, 6.45) is 3.34. The summed E-state index contributed by atoms with van der Waals surface area (Å²) in [7, 11) is 1.83. The average Bonchev–Trinajstić information content (AvgIpc) is 3.06. The number of rotatable bonds is 2. The van der Waals surface area contributed by atoms with E-state index in [0.717, 1.165) is 32.6 Å². The van der Waals surface area contributed by atoms with Crippen molar-refractivity contribution in [1.82, 2.24) is 14.7 Å². The molecular formula is C15H25N3O3. The number of amides is 2. The first-order chi connectivity index (χ1) is 10.1. The molecule has 21 heavy (non-hydrogen) atoms. The molecular weight excluding hydrogens is 270 g/mol. The number of likely N-dealkylation sites (N-methyl/N-ethyl adjacent to an activating group) is 1. The van der Waals surface area contributed by atoms with Crippen molar-refractivity contribution in [3.63, 3.8) is 0 Å². The van der Waals surface area contributed by atoms with Gasteiger partial charge in [0.05, 0.1) is 13.2 Å². The van der Waals surface area contributed by atoms with E-state index in [1.54, 1.807) is 4.90 Å². The van der Waals surface area contributed by atoms with Crippen LogP contribution in [-0.2, 0) is 14.3 Å². The highest BCUT2D eigenvalue weighted by molar-refractivity contribution is 5.79. The molecule has 3 fully saturated rings. The van der Waals surface area contributed by atoms with Gasteiger partial charge in [-0.25, -0.2) is 0 Å². The molecule has 3 aliphatic heterocycles. The van der Waals surface area contributed by atoms with E-state index in [2.05, 4.69) is 4.90 Å². The van der Waals surface area contributed by atoms with Crippen LogP contribution in [0.25, 0.3) is 0 Å². The summed E-state index contributed by atoms with van der Waals surface area (Å²) >= 11 is 0. The summed E-state index contributed by atoms with van der Waals surface area (Å²) in [4.78, 5) is 30.1. The van der Waals surface area contributed by atoms with E-state index in [9.17, 15) is 9.59 Å². The third-order valence-electron chi connectivity index (χ3n) is 4.98. The molecule has 0 aromatic carbocycles. The van der Waals surface area contributed by atoms with Gasteiger partial charge in [-0.15, -0.1) is 0 Å². The first-order valence-electron chi connectivity index (χ1n) is 7.90. The Morgan fingerprint density at radius 2 is 2.00 bits per heavy atom. The lowest BCUT2D eigenvalue weighted by molar-refractivity contribution is -0.132. The van der Waals surface area contributed by atoms with E-state index in [4.69, 9.17) is 4.74 Å². The van der Waals surface area contributed by atoms with Crippen molar-refractivity contribution in [2.45, 2.75) is 19.3 Å². The highest BCUT2D eigenvalue weighted by atomic mass is 16.5. The van der Waals surface area contributed by atoms with E-state index in [0.29, 0.717) is 19.7 Å². The molecule has 6 nitrogen and oxygen atoms in total. The van der Waals surface area contributed by atoms with Crippen LogP contribution in [0, 0.1) is 5.41 Å². The Labute approximate surface area is 126 Å². The number of ether oxygens (including phenoxy) is 1. The second-order valence-electron chi connectivity index (χ2n) is 6.79. The van der Waals surface area contributed by atoms with Crippen molar-refractivity contribution in [2.24, 2.45) is 5.41 Å². The van der Waals surface area contributed by atoms with Crippen LogP contribution in [0.15, 0.2) is 0 Å². The fourth-order valence-electron chi connectivity index (χ4n) is 3.73. The van der Waals surface area contributed by atoms with Crippen molar-refractivity contribution in [3.05, 3.63) is 0 Å². The van der Waals surface area contributed by atoms with Crippen molar-refractivity contribution < 1.29 is 14.3 Å². The molecule has 0 N–H and O–H groups in total. The summed E-state index contributed by atoms with van der Waals surface area (Å²) in [6.45, 7) is 5.59. The quantitative estimate of drug-likeness (QED) is 0.707. The van der Waals surface area contributed by atoms with Gasteiger partial charge in [-0.3, -0.25) is 14.5 Å². The largest absolute Gasteiger partial charge is 0.371 e. The SMILES string of the molecule is CN1CC2(CCN(C(=O)CN3CCCC3)C2)COCC1=O. The molecule has 1 atom stereocenters. The molecule has 6 heteroatoms. The summed E-state index contributed by atoms with van der Waals surface area (Å²) in [5.41, 5.74) is -0.0679. The topological polar surface area (TPSA) is 53.1 Å². The van der Waals surface area contributed by atoms with Crippen LogP contribution in [-0.4, -0.2) is 86.0 Å². The predicted octanol–water partition coefficient (Wildman–Crippen LogP) is -0.210. The number of carbonyl (C=O) groups excluding carboxylic acids is 2. The molecule has 1 spiro atoms. The maximum atomic E-state index is 12.4. The molecule has 0 radical (unpaired) electrons. The van der Waals surface area contributed by atoms with E-state index >= 15 is 0 Å². The maximum absolute atomic E-state index is 12.4. The van der Waals surface area contributed by atoms with Gasteiger partial charge in [0.2, 0.25) is 11.8 Å². The number of likely N-dealkylation sites (tertiary alicyclic amines) is 2. The highest BCUT2D eigenvalue weighted by Gasteiger charge is 2.43. The minimum absolute atomic E-state index is 0.0359. The lowest BCUT2D eigenvalue weighted by atomic mass is 9.88. The van der Waals surface area contributed by atoms with Gasteiger partial charge in [-0.1, -0.05) is 0 Å². The fourth-order valence-corrected chi connectivity index (χ4v) is 3.73. The lowest BCUT2D eigenvalue weighted by Crippen LogP contribution is -2.43. The zero-order valence-corrected chi connectivity index (χ0v) is 12.8. The normalized spacial score (nSPS) is 31.2. The Morgan fingerprint density at radius 3 is 2.76 bits per heavy atom. The fraction of sp³-hybridized carbons (Fsp3) is 0.867. The van der Waals surface area contributed by atoms with E-state index in [1.165, 1.54) is 12.8 Å². The minimum atomic E-state index is -0.0679. The number of hydrogen-bond donors (Lipinski definition) is 0. The van der Waals surface area contributed by atoms with Crippen LogP contribution >= 0.6 is 0 Å². The summed E-state index contributed by atoms with van der Waals surface area (Å²) in [5.74, 6) is 0.265. The first-order valence-corrected chi connectivity index (χ1v) is 7.90. The summed E-state index contributed by atoms with van der Waals surface area (Å²) < 4.78 is 5.54. The average molecular weight is 295 g/mol. The molecule has 0 bridgehead atoms. The monoisotopic (exact) mass is 295 g/mol. The predicted molar refractivity (Wildman–Crippen MR) is 77.8 cm³/mol. The molecule has 3 heterocycles. The van der Waals surface area contributed by atoms with Gasteiger partial charge < -0.3 is 14.5 Å². The lowest BCUT2D eigenvalue weighted by Gasteiger charge is -2.30. The Bertz CT molecular complexity index is 422. The van der Waals surface area contributed by atoms with Gasteiger partial charge in [0.15, 0.2) is 0 Å². The van der Waals surface area contributed by atoms with E-state index in [-0.39, 0.29) is 23.8 Å². The van der Waals surface area contributed by atoms with Crippen LogP contribution < -0.4 is 0 Å². The second kappa shape index (κ2) is 5.93. The molecule has 3 saturated heterocycles. The van der Waals surface area contributed by atoms with Crippen LogP contribution in [0.3, 0.4) is 0 Å². The second-order valence-corrected chi connectivity index (χ2v) is 6.79. The Balaban J connectivity index is 1.58. The molecule has 3 aliphatic rings. The number of nitrogens with zero attached hydrogens (tertiary/aromatic N) is 3. The van der Waals surface area contributed by atoms with Crippen LogP contribution in [0.5, 0.6) is 0 Å². The van der Waals surface area contributed by atoms with E-state index < -0.39 is 0 Å². The van der Waals surface area contributed by atoms with Gasteiger partial charge in [0, 0.05) is 32.1 Å². The summed E-state index contributed by atoms with van der Waals surface area (Å²) in [6, 6.07) is 0. The smallest absolute Gasteiger partial charge is 0.248 e. The van der Waals surface area contributed by atoms with Crippen molar-refractivity contribution in [1.29, 1.82) is 0 Å². The van der Waals surface area contributed by atoms with Crippen molar-refractivity contribution >= 4 is 11.8 Å². The van der Waals surface area contributed by atoms with Gasteiger partial charge in [-0.05, 0) is 32.4 Å². The van der Waals surface area contributed by atoms with Gasteiger partial charge in [0.25, 0.3) is 0 Å². The molecule has 3 rings (SSSR count). The zero-order chi connectivity index (χ0) is 14.9. The molecule has 0 aromatic rings. The third-order valence-corrected chi connectivity index (χ3v) is 4.98.